The molecule has 0 bridgehead atoms. The zero-order valence-corrected chi connectivity index (χ0v) is 27.5. The fraction of sp³-hybridized carbons (Fsp3) is 0.368. The molecule has 0 spiro atoms. The summed E-state index contributed by atoms with van der Waals surface area (Å²) in [4.78, 5) is 35.4. The lowest BCUT2D eigenvalue weighted by Crippen LogP contribution is -2.52. The molecule has 0 aliphatic rings. The molecule has 1 atom stereocenters. The molecule has 1 aromatic heterocycles. The number of alkyl carbamates (subject to hydrolysis) is 1. The van der Waals surface area contributed by atoms with Crippen LogP contribution in [0.1, 0.15) is 77.8 Å². The number of hydrogen-bond acceptors (Lipinski definition) is 7. The highest BCUT2D eigenvalue weighted by atomic mass is 16.6. The Balaban J connectivity index is 1.43. The number of amides is 1. The summed E-state index contributed by atoms with van der Waals surface area (Å²) in [6, 6.07) is 24.5. The van der Waals surface area contributed by atoms with E-state index in [1.165, 1.54) is 25.7 Å². The minimum atomic E-state index is -1.50. The van der Waals surface area contributed by atoms with Crippen LogP contribution in [0.2, 0.25) is 0 Å². The summed E-state index contributed by atoms with van der Waals surface area (Å²) in [6.45, 7) is 9.96. The molecule has 3 aromatic carbocycles. The van der Waals surface area contributed by atoms with Crippen molar-refractivity contribution in [2.45, 2.75) is 84.5 Å². The highest BCUT2D eigenvalue weighted by Gasteiger charge is 2.41. The number of hydrogen-bond donors (Lipinski definition) is 1. The molecule has 0 saturated carbocycles. The molecule has 8 heteroatoms. The average molecular weight is 624 g/mol. The van der Waals surface area contributed by atoms with Gasteiger partial charge in [-0.2, -0.15) is 0 Å². The molecule has 0 aliphatic heterocycles. The predicted octanol–water partition coefficient (Wildman–Crippen LogP) is 8.64. The van der Waals surface area contributed by atoms with E-state index in [0.29, 0.717) is 11.4 Å². The minimum Gasteiger partial charge on any atom is -0.494 e. The number of carbonyl (C=O) groups excluding carboxylic acids is 2. The van der Waals surface area contributed by atoms with Gasteiger partial charge in [0.25, 0.3) is 0 Å². The molecule has 0 fully saturated rings. The van der Waals surface area contributed by atoms with Gasteiger partial charge in [0.1, 0.15) is 18.0 Å². The van der Waals surface area contributed by atoms with E-state index in [2.05, 4.69) is 22.2 Å². The van der Waals surface area contributed by atoms with E-state index in [0.717, 1.165) is 41.0 Å². The summed E-state index contributed by atoms with van der Waals surface area (Å²) >= 11 is 0. The Morgan fingerprint density at radius 1 is 0.739 bits per heavy atom. The van der Waals surface area contributed by atoms with Gasteiger partial charge in [-0.15, -0.1) is 0 Å². The average Bonchev–Trinajstić information content (AvgIpc) is 3.05. The second-order valence-corrected chi connectivity index (χ2v) is 12.5. The quantitative estimate of drug-likeness (QED) is 0.111. The first-order valence-corrected chi connectivity index (χ1v) is 16.0. The number of carbonyl (C=O) groups is 2. The van der Waals surface area contributed by atoms with Crippen molar-refractivity contribution in [2.24, 2.45) is 0 Å². The van der Waals surface area contributed by atoms with Gasteiger partial charge in [0, 0.05) is 23.5 Å². The van der Waals surface area contributed by atoms with Crippen molar-refractivity contribution in [3.05, 3.63) is 102 Å². The van der Waals surface area contributed by atoms with E-state index >= 15 is 0 Å². The molecule has 0 aliphatic carbocycles. The first-order valence-electron chi connectivity index (χ1n) is 16.0. The molecule has 0 radical (unpaired) electrons. The van der Waals surface area contributed by atoms with E-state index in [1.54, 1.807) is 52.2 Å². The molecule has 46 heavy (non-hydrogen) atoms. The molecule has 1 N–H and O–H groups in total. The Labute approximate surface area is 272 Å². The van der Waals surface area contributed by atoms with Gasteiger partial charge in [-0.25, -0.2) is 19.6 Å². The lowest BCUT2D eigenvalue weighted by atomic mass is 9.91. The molecule has 1 heterocycles. The Morgan fingerprint density at radius 3 is 2.00 bits per heavy atom. The smallest absolute Gasteiger partial charge is 0.408 e. The molecular weight excluding hydrogens is 578 g/mol. The fourth-order valence-corrected chi connectivity index (χ4v) is 4.80. The third-order valence-corrected chi connectivity index (χ3v) is 7.45. The molecule has 242 valence electrons. The molecule has 4 rings (SSSR count). The minimum absolute atomic E-state index is 0.0699. The van der Waals surface area contributed by atoms with E-state index in [-0.39, 0.29) is 6.61 Å². The third kappa shape index (κ3) is 9.89. The highest BCUT2D eigenvalue weighted by Crippen LogP contribution is 2.28. The fourth-order valence-electron chi connectivity index (χ4n) is 4.80. The van der Waals surface area contributed by atoms with E-state index in [1.807, 2.05) is 66.7 Å². The van der Waals surface area contributed by atoms with Gasteiger partial charge in [-0.3, -0.25) is 0 Å². The number of rotatable bonds is 14. The Morgan fingerprint density at radius 2 is 1.37 bits per heavy atom. The topological polar surface area (TPSA) is 99.6 Å². The van der Waals surface area contributed by atoms with Crippen LogP contribution in [0.5, 0.6) is 5.75 Å². The predicted molar refractivity (Wildman–Crippen MR) is 180 cm³/mol. The number of aromatic nitrogens is 2. The number of nitrogens with zero attached hydrogens (tertiary/aromatic N) is 2. The van der Waals surface area contributed by atoms with Crippen molar-refractivity contribution >= 4 is 12.1 Å². The van der Waals surface area contributed by atoms with E-state index in [4.69, 9.17) is 14.2 Å². The zero-order chi connectivity index (χ0) is 33.0. The number of benzene rings is 3. The van der Waals surface area contributed by atoms with E-state index in [9.17, 15) is 9.59 Å². The Hall–Kier alpha value is -4.72. The molecule has 0 unspecified atom stereocenters. The largest absolute Gasteiger partial charge is 0.494 e. The van der Waals surface area contributed by atoms with Crippen LogP contribution in [0, 0.1) is 0 Å². The van der Waals surface area contributed by atoms with Crippen LogP contribution >= 0.6 is 0 Å². The van der Waals surface area contributed by atoms with Crippen molar-refractivity contribution in [1.82, 2.24) is 15.3 Å². The summed E-state index contributed by atoms with van der Waals surface area (Å²) in [5, 5.41) is 2.74. The molecular formula is C38H45N3O5. The maximum absolute atomic E-state index is 13.4. The van der Waals surface area contributed by atoms with Crippen molar-refractivity contribution < 1.29 is 23.8 Å². The maximum Gasteiger partial charge on any atom is 0.408 e. The summed E-state index contributed by atoms with van der Waals surface area (Å²) in [5.41, 5.74) is 1.75. The summed E-state index contributed by atoms with van der Waals surface area (Å²) in [5.74, 6) is 0.787. The van der Waals surface area contributed by atoms with Crippen LogP contribution < -0.4 is 10.1 Å². The van der Waals surface area contributed by atoms with Gasteiger partial charge in [-0.05, 0) is 62.9 Å². The lowest BCUT2D eigenvalue weighted by Gasteiger charge is -2.32. The van der Waals surface area contributed by atoms with Gasteiger partial charge in [-0.1, -0.05) is 99.3 Å². The van der Waals surface area contributed by atoms with Gasteiger partial charge >= 0.3 is 12.1 Å². The monoisotopic (exact) mass is 623 g/mol. The van der Waals surface area contributed by atoms with Crippen LogP contribution in [-0.4, -0.2) is 34.2 Å². The SMILES string of the molecule is CCCCCCCOc1ccc(-c2cnc(-c3ccc([C@](C)(NC(=O)OCc4ccccc4)C(=O)OC(C)(C)C)cc3)nc2)cc1. The van der Waals surface area contributed by atoms with Crippen molar-refractivity contribution in [3.8, 4) is 28.3 Å². The first kappa shape index (κ1) is 34.2. The highest BCUT2D eigenvalue weighted by molar-refractivity contribution is 5.87. The van der Waals surface area contributed by atoms with Crippen LogP contribution in [0.15, 0.2) is 91.3 Å². The van der Waals surface area contributed by atoms with Crippen LogP contribution in [0.25, 0.3) is 22.5 Å². The Bertz CT molecular complexity index is 1530. The Kier molecular flexibility index (Phi) is 11.9. The first-order chi connectivity index (χ1) is 22.1. The van der Waals surface area contributed by atoms with Crippen LogP contribution in [0.4, 0.5) is 4.79 Å². The van der Waals surface area contributed by atoms with Crippen molar-refractivity contribution in [1.29, 1.82) is 0 Å². The second kappa shape index (κ2) is 16.0. The lowest BCUT2D eigenvalue weighted by molar-refractivity contribution is -0.162. The number of unbranched alkanes of at least 4 members (excludes halogenated alkanes) is 4. The van der Waals surface area contributed by atoms with Gasteiger partial charge < -0.3 is 19.5 Å². The standard InChI is InChI=1S/C38H45N3O5/c1-6-7-8-9-13-24-44-33-22-18-29(19-23-33)31-25-39-34(40-26-31)30-16-20-32(21-17-30)38(5,35(42)46-37(2,3)4)41-36(43)45-27-28-14-11-10-12-15-28/h10-12,14-23,25-26H,6-9,13,24,27H2,1-5H3,(H,41,43)/t38-/m0/s1. The number of esters is 1. The van der Waals surface area contributed by atoms with Crippen molar-refractivity contribution in [2.75, 3.05) is 6.61 Å². The third-order valence-electron chi connectivity index (χ3n) is 7.45. The van der Waals surface area contributed by atoms with E-state index < -0.39 is 23.2 Å². The van der Waals surface area contributed by atoms with Crippen molar-refractivity contribution in [3.63, 3.8) is 0 Å². The molecule has 4 aromatic rings. The van der Waals surface area contributed by atoms with Gasteiger partial charge in [0.15, 0.2) is 11.4 Å². The zero-order valence-electron chi connectivity index (χ0n) is 27.5. The van der Waals surface area contributed by atoms with Gasteiger partial charge in [0.05, 0.1) is 6.61 Å². The maximum atomic E-state index is 13.4. The second-order valence-electron chi connectivity index (χ2n) is 12.5. The molecule has 8 nitrogen and oxygen atoms in total. The summed E-state index contributed by atoms with van der Waals surface area (Å²) in [7, 11) is 0. The molecule has 0 saturated heterocycles. The van der Waals surface area contributed by atoms with Crippen LogP contribution in [-0.2, 0) is 26.4 Å². The number of ether oxygens (including phenoxy) is 3. The molecule has 1 amide bonds. The van der Waals surface area contributed by atoms with Gasteiger partial charge in [0.2, 0.25) is 0 Å². The summed E-state index contributed by atoms with van der Waals surface area (Å²) < 4.78 is 17.0. The number of nitrogens with one attached hydrogen (secondary N) is 1. The van der Waals surface area contributed by atoms with Crippen LogP contribution in [0.3, 0.4) is 0 Å². The normalized spacial score (nSPS) is 12.5. The summed E-state index contributed by atoms with van der Waals surface area (Å²) in [6.07, 6.45) is 8.87.